The standard InChI is InChI=1S/C14H22N4S/c1-10-17-12(9-19-10)5-6-15-7-11-8-16-18-13(11)14(2,3)4/h8-9,15H,5-7H2,1-4H3,(H,16,18). The molecule has 0 atom stereocenters. The summed E-state index contributed by atoms with van der Waals surface area (Å²) >= 11 is 1.71. The summed E-state index contributed by atoms with van der Waals surface area (Å²) in [4.78, 5) is 4.46. The molecular weight excluding hydrogens is 256 g/mol. The smallest absolute Gasteiger partial charge is 0.0897 e. The molecule has 0 aliphatic rings. The van der Waals surface area contributed by atoms with Crippen LogP contribution in [-0.2, 0) is 18.4 Å². The van der Waals surface area contributed by atoms with Gasteiger partial charge in [-0.15, -0.1) is 11.3 Å². The third kappa shape index (κ3) is 3.88. The Labute approximate surface area is 118 Å². The zero-order valence-electron chi connectivity index (χ0n) is 12.1. The first-order chi connectivity index (χ1) is 8.97. The summed E-state index contributed by atoms with van der Waals surface area (Å²) in [5, 5.41) is 14.0. The first-order valence-corrected chi connectivity index (χ1v) is 7.49. The molecule has 19 heavy (non-hydrogen) atoms. The number of aryl methyl sites for hydroxylation is 1. The highest BCUT2D eigenvalue weighted by molar-refractivity contribution is 7.09. The molecule has 2 rings (SSSR count). The van der Waals surface area contributed by atoms with Crippen molar-refractivity contribution in [3.05, 3.63) is 33.5 Å². The lowest BCUT2D eigenvalue weighted by atomic mass is 9.89. The molecule has 0 saturated carbocycles. The molecule has 0 bridgehead atoms. The van der Waals surface area contributed by atoms with E-state index < -0.39 is 0 Å². The molecule has 0 aliphatic carbocycles. The largest absolute Gasteiger partial charge is 0.312 e. The molecule has 2 N–H and O–H groups in total. The molecular formula is C14H22N4S. The van der Waals surface area contributed by atoms with Gasteiger partial charge in [-0.25, -0.2) is 4.98 Å². The fourth-order valence-electron chi connectivity index (χ4n) is 2.06. The van der Waals surface area contributed by atoms with Gasteiger partial charge in [-0.3, -0.25) is 5.10 Å². The average Bonchev–Trinajstić information content (AvgIpc) is 2.92. The van der Waals surface area contributed by atoms with E-state index in [1.807, 2.05) is 13.1 Å². The Morgan fingerprint density at radius 1 is 1.37 bits per heavy atom. The molecule has 0 aliphatic heterocycles. The third-order valence-corrected chi connectivity index (χ3v) is 3.83. The quantitative estimate of drug-likeness (QED) is 0.827. The molecule has 2 aromatic rings. The van der Waals surface area contributed by atoms with Crippen molar-refractivity contribution in [2.75, 3.05) is 6.54 Å². The fourth-order valence-corrected chi connectivity index (χ4v) is 2.70. The van der Waals surface area contributed by atoms with Crippen LogP contribution in [0.2, 0.25) is 0 Å². The van der Waals surface area contributed by atoms with Crippen molar-refractivity contribution in [1.82, 2.24) is 20.5 Å². The predicted octanol–water partition coefficient (Wildman–Crippen LogP) is 2.80. The maximum atomic E-state index is 4.46. The highest BCUT2D eigenvalue weighted by Gasteiger charge is 2.19. The first kappa shape index (κ1) is 14.2. The third-order valence-electron chi connectivity index (χ3n) is 3.01. The summed E-state index contributed by atoms with van der Waals surface area (Å²) in [5.41, 5.74) is 3.75. The van der Waals surface area contributed by atoms with Crippen LogP contribution >= 0.6 is 11.3 Å². The normalized spacial score (nSPS) is 12.0. The molecule has 2 aromatic heterocycles. The molecule has 0 fully saturated rings. The van der Waals surface area contributed by atoms with Gasteiger partial charge in [-0.2, -0.15) is 5.10 Å². The van der Waals surface area contributed by atoms with E-state index >= 15 is 0 Å². The lowest BCUT2D eigenvalue weighted by Gasteiger charge is -2.18. The second-order valence-corrected chi connectivity index (χ2v) is 6.87. The van der Waals surface area contributed by atoms with E-state index in [2.05, 4.69) is 46.6 Å². The lowest BCUT2D eigenvalue weighted by molar-refractivity contribution is 0.553. The molecule has 0 spiro atoms. The summed E-state index contributed by atoms with van der Waals surface area (Å²) < 4.78 is 0. The zero-order valence-corrected chi connectivity index (χ0v) is 12.9. The minimum atomic E-state index is 0.111. The van der Waals surface area contributed by atoms with Crippen molar-refractivity contribution in [2.24, 2.45) is 0 Å². The van der Waals surface area contributed by atoms with Crippen molar-refractivity contribution < 1.29 is 0 Å². The summed E-state index contributed by atoms with van der Waals surface area (Å²) in [7, 11) is 0. The fraction of sp³-hybridized carbons (Fsp3) is 0.571. The maximum absolute atomic E-state index is 4.46. The van der Waals surface area contributed by atoms with Crippen molar-refractivity contribution in [3.63, 3.8) is 0 Å². The van der Waals surface area contributed by atoms with E-state index in [1.54, 1.807) is 11.3 Å². The molecule has 5 heteroatoms. The minimum absolute atomic E-state index is 0.111. The van der Waals surface area contributed by atoms with E-state index in [-0.39, 0.29) is 5.41 Å². The van der Waals surface area contributed by atoms with Gasteiger partial charge in [0.05, 0.1) is 16.9 Å². The van der Waals surface area contributed by atoms with Gasteiger partial charge in [-0.1, -0.05) is 20.8 Å². The van der Waals surface area contributed by atoms with Crippen molar-refractivity contribution in [3.8, 4) is 0 Å². The monoisotopic (exact) mass is 278 g/mol. The van der Waals surface area contributed by atoms with Gasteiger partial charge < -0.3 is 5.32 Å². The molecule has 2 heterocycles. The van der Waals surface area contributed by atoms with Crippen LogP contribution in [0.1, 0.15) is 42.7 Å². The number of hydrogen-bond donors (Lipinski definition) is 2. The Morgan fingerprint density at radius 3 is 2.79 bits per heavy atom. The predicted molar refractivity (Wildman–Crippen MR) is 79.5 cm³/mol. The molecule has 0 radical (unpaired) electrons. The van der Waals surface area contributed by atoms with Gasteiger partial charge in [0.2, 0.25) is 0 Å². The Morgan fingerprint density at radius 2 is 2.16 bits per heavy atom. The van der Waals surface area contributed by atoms with Gasteiger partial charge >= 0.3 is 0 Å². The van der Waals surface area contributed by atoms with Gasteiger partial charge in [0.15, 0.2) is 0 Å². The van der Waals surface area contributed by atoms with E-state index in [0.717, 1.165) is 24.5 Å². The van der Waals surface area contributed by atoms with Crippen molar-refractivity contribution in [1.29, 1.82) is 0 Å². The van der Waals surface area contributed by atoms with Gasteiger partial charge in [0.25, 0.3) is 0 Å². The van der Waals surface area contributed by atoms with Crippen LogP contribution in [0.15, 0.2) is 11.6 Å². The molecule has 0 saturated heterocycles. The second kappa shape index (κ2) is 5.84. The number of aromatic amines is 1. The van der Waals surface area contributed by atoms with Crippen molar-refractivity contribution in [2.45, 2.75) is 46.1 Å². The molecule has 0 amide bonds. The minimum Gasteiger partial charge on any atom is -0.312 e. The Bertz CT molecular complexity index is 522. The number of H-pyrrole nitrogens is 1. The molecule has 4 nitrogen and oxygen atoms in total. The number of nitrogens with zero attached hydrogens (tertiary/aromatic N) is 2. The molecule has 0 unspecified atom stereocenters. The van der Waals surface area contributed by atoms with E-state index in [9.17, 15) is 0 Å². The highest BCUT2D eigenvalue weighted by atomic mass is 32.1. The summed E-state index contributed by atoms with van der Waals surface area (Å²) in [6, 6.07) is 0. The Hall–Kier alpha value is -1.20. The first-order valence-electron chi connectivity index (χ1n) is 6.61. The van der Waals surface area contributed by atoms with Crippen LogP contribution in [0.5, 0.6) is 0 Å². The van der Waals surface area contributed by atoms with Crippen LogP contribution in [0, 0.1) is 6.92 Å². The van der Waals surface area contributed by atoms with Gasteiger partial charge in [0, 0.05) is 41.6 Å². The van der Waals surface area contributed by atoms with Crippen LogP contribution in [0.25, 0.3) is 0 Å². The van der Waals surface area contributed by atoms with Crippen LogP contribution < -0.4 is 5.32 Å². The summed E-state index contributed by atoms with van der Waals surface area (Å²) in [6.07, 6.45) is 2.90. The number of aromatic nitrogens is 3. The topological polar surface area (TPSA) is 53.6 Å². The van der Waals surface area contributed by atoms with E-state index in [4.69, 9.17) is 0 Å². The molecule has 0 aromatic carbocycles. The number of thiazole rings is 1. The second-order valence-electron chi connectivity index (χ2n) is 5.80. The number of rotatable bonds is 5. The number of nitrogens with one attached hydrogen (secondary N) is 2. The summed E-state index contributed by atoms with van der Waals surface area (Å²) in [5.74, 6) is 0. The average molecular weight is 278 g/mol. The Balaban J connectivity index is 1.82. The Kier molecular flexibility index (Phi) is 4.37. The number of hydrogen-bond acceptors (Lipinski definition) is 4. The maximum Gasteiger partial charge on any atom is 0.0897 e. The van der Waals surface area contributed by atoms with Crippen LogP contribution in [0.3, 0.4) is 0 Å². The van der Waals surface area contributed by atoms with Crippen molar-refractivity contribution >= 4 is 11.3 Å². The van der Waals surface area contributed by atoms with E-state index in [0.29, 0.717) is 0 Å². The summed E-state index contributed by atoms with van der Waals surface area (Å²) in [6.45, 7) is 10.4. The highest BCUT2D eigenvalue weighted by Crippen LogP contribution is 2.23. The van der Waals surface area contributed by atoms with Crippen LogP contribution in [0.4, 0.5) is 0 Å². The zero-order chi connectivity index (χ0) is 13.9. The molecule has 104 valence electrons. The lowest BCUT2D eigenvalue weighted by Crippen LogP contribution is -2.20. The SMILES string of the molecule is Cc1nc(CCNCc2cn[nH]c2C(C)(C)C)cs1. The van der Waals surface area contributed by atoms with Gasteiger partial charge in [0.1, 0.15) is 0 Å². The van der Waals surface area contributed by atoms with Crippen LogP contribution in [-0.4, -0.2) is 21.7 Å². The van der Waals surface area contributed by atoms with Gasteiger partial charge in [-0.05, 0) is 6.92 Å². The van der Waals surface area contributed by atoms with E-state index in [1.165, 1.54) is 17.0 Å².